The van der Waals surface area contributed by atoms with Gasteiger partial charge in [0, 0.05) is 18.0 Å². The molecule has 1 aromatic carbocycles. The molecule has 0 fully saturated rings. The van der Waals surface area contributed by atoms with Gasteiger partial charge in [0.05, 0.1) is 16.3 Å². The largest absolute Gasteiger partial charge is 0.491 e. The van der Waals surface area contributed by atoms with Crippen molar-refractivity contribution in [2.24, 2.45) is 0 Å². The summed E-state index contributed by atoms with van der Waals surface area (Å²) in [6, 6.07) is 7.13. The molecule has 0 radical (unpaired) electrons. The molecule has 2 rings (SSSR count). The first kappa shape index (κ1) is 13.2. The Kier molecular flexibility index (Phi) is 4.43. The van der Waals surface area contributed by atoms with E-state index in [2.05, 4.69) is 27.7 Å². The summed E-state index contributed by atoms with van der Waals surface area (Å²) >= 11 is 2.17. The van der Waals surface area contributed by atoms with Crippen molar-refractivity contribution in [1.82, 2.24) is 9.78 Å². The number of anilines is 1. The number of aromatic nitrogens is 2. The third kappa shape index (κ3) is 3.88. The van der Waals surface area contributed by atoms with Crippen molar-refractivity contribution in [2.45, 2.75) is 12.6 Å². The van der Waals surface area contributed by atoms with Crippen LogP contribution in [0.1, 0.15) is 0 Å². The summed E-state index contributed by atoms with van der Waals surface area (Å²) in [4.78, 5) is 0. The number of benzene rings is 1. The van der Waals surface area contributed by atoms with Gasteiger partial charge in [0.2, 0.25) is 0 Å². The minimum atomic E-state index is -0.609. The number of ether oxygens (including phenoxy) is 1. The van der Waals surface area contributed by atoms with Crippen molar-refractivity contribution < 1.29 is 9.84 Å². The maximum Gasteiger partial charge on any atom is 0.121 e. The lowest BCUT2D eigenvalue weighted by molar-refractivity contribution is 0.0893. The summed E-state index contributed by atoms with van der Waals surface area (Å²) in [6.07, 6.45) is 3.00. The molecule has 0 aliphatic heterocycles. The summed E-state index contributed by atoms with van der Waals surface area (Å²) in [5.74, 6) is 0.657. The monoisotopic (exact) mass is 359 g/mol. The standard InChI is InChI=1S/C12H14IN3O2/c13-9-5-15-16(6-9)7-11(17)8-18-12-3-1-2-10(14)4-12/h1-6,11,17H,7-8,14H2. The van der Waals surface area contributed by atoms with Gasteiger partial charge in [-0.3, -0.25) is 4.68 Å². The van der Waals surface area contributed by atoms with Gasteiger partial charge in [-0.25, -0.2) is 0 Å². The number of aliphatic hydroxyl groups is 1. The maximum atomic E-state index is 9.82. The van der Waals surface area contributed by atoms with Crippen molar-refractivity contribution in [1.29, 1.82) is 0 Å². The summed E-state index contributed by atoms with van der Waals surface area (Å²) in [6.45, 7) is 0.616. The average molecular weight is 359 g/mol. The first-order valence-electron chi connectivity index (χ1n) is 5.48. The molecule has 18 heavy (non-hydrogen) atoms. The van der Waals surface area contributed by atoms with Gasteiger partial charge in [-0.15, -0.1) is 0 Å². The van der Waals surface area contributed by atoms with E-state index in [1.165, 1.54) is 0 Å². The number of aliphatic hydroxyl groups excluding tert-OH is 1. The molecule has 1 unspecified atom stereocenters. The van der Waals surface area contributed by atoms with Gasteiger partial charge in [0.15, 0.2) is 0 Å². The zero-order valence-electron chi connectivity index (χ0n) is 9.66. The normalized spacial score (nSPS) is 12.3. The van der Waals surface area contributed by atoms with Gasteiger partial charge in [0.25, 0.3) is 0 Å². The topological polar surface area (TPSA) is 73.3 Å². The number of nitrogens with zero attached hydrogens (tertiary/aromatic N) is 2. The van der Waals surface area contributed by atoms with Crippen LogP contribution in [0.2, 0.25) is 0 Å². The molecular formula is C12H14IN3O2. The van der Waals surface area contributed by atoms with Crippen LogP contribution in [0.3, 0.4) is 0 Å². The van der Waals surface area contributed by atoms with E-state index in [4.69, 9.17) is 10.5 Å². The second-order valence-electron chi connectivity index (χ2n) is 3.92. The van der Waals surface area contributed by atoms with E-state index in [0.717, 1.165) is 3.57 Å². The highest BCUT2D eigenvalue weighted by molar-refractivity contribution is 14.1. The Hall–Kier alpha value is -1.28. The summed E-state index contributed by atoms with van der Waals surface area (Å²) in [5.41, 5.74) is 6.28. The van der Waals surface area contributed by atoms with Gasteiger partial charge in [-0.2, -0.15) is 5.10 Å². The van der Waals surface area contributed by atoms with Crippen LogP contribution in [0.15, 0.2) is 36.7 Å². The molecule has 0 aliphatic carbocycles. The number of halogens is 1. The van der Waals surface area contributed by atoms with Gasteiger partial charge in [0.1, 0.15) is 18.5 Å². The maximum absolute atomic E-state index is 9.82. The van der Waals surface area contributed by atoms with Crippen LogP contribution in [0.5, 0.6) is 5.75 Å². The molecule has 0 amide bonds. The van der Waals surface area contributed by atoms with E-state index in [1.807, 2.05) is 12.3 Å². The Morgan fingerprint density at radius 1 is 1.50 bits per heavy atom. The second-order valence-corrected chi connectivity index (χ2v) is 5.16. The zero-order chi connectivity index (χ0) is 13.0. The third-order valence-electron chi connectivity index (χ3n) is 2.30. The van der Waals surface area contributed by atoms with Gasteiger partial charge in [-0.1, -0.05) is 6.07 Å². The summed E-state index contributed by atoms with van der Waals surface area (Å²) in [5, 5.41) is 13.9. The molecule has 6 heteroatoms. The smallest absolute Gasteiger partial charge is 0.121 e. The fourth-order valence-electron chi connectivity index (χ4n) is 1.50. The summed E-state index contributed by atoms with van der Waals surface area (Å²) in [7, 11) is 0. The van der Waals surface area contributed by atoms with Crippen molar-refractivity contribution in [2.75, 3.05) is 12.3 Å². The highest BCUT2D eigenvalue weighted by Gasteiger charge is 2.07. The van der Waals surface area contributed by atoms with E-state index >= 15 is 0 Å². The Balaban J connectivity index is 1.83. The molecule has 0 bridgehead atoms. The highest BCUT2D eigenvalue weighted by atomic mass is 127. The average Bonchev–Trinajstić information content (AvgIpc) is 2.72. The molecule has 1 aromatic heterocycles. The first-order chi connectivity index (χ1) is 8.63. The molecule has 96 valence electrons. The molecule has 0 saturated heterocycles. The molecule has 1 heterocycles. The van der Waals surface area contributed by atoms with E-state index < -0.39 is 6.10 Å². The molecular weight excluding hydrogens is 345 g/mol. The number of rotatable bonds is 5. The first-order valence-corrected chi connectivity index (χ1v) is 6.56. The fraction of sp³-hybridized carbons (Fsp3) is 0.250. The number of hydrogen-bond acceptors (Lipinski definition) is 4. The minimum Gasteiger partial charge on any atom is -0.491 e. The third-order valence-corrected chi connectivity index (χ3v) is 2.86. The molecule has 3 N–H and O–H groups in total. The minimum absolute atomic E-state index is 0.208. The van der Waals surface area contributed by atoms with Gasteiger partial charge < -0.3 is 15.6 Å². The lowest BCUT2D eigenvalue weighted by Gasteiger charge is -2.12. The lowest BCUT2D eigenvalue weighted by atomic mass is 10.3. The van der Waals surface area contributed by atoms with Crippen LogP contribution in [0.4, 0.5) is 5.69 Å². The van der Waals surface area contributed by atoms with Gasteiger partial charge >= 0.3 is 0 Å². The van der Waals surface area contributed by atoms with E-state index in [-0.39, 0.29) is 6.61 Å². The van der Waals surface area contributed by atoms with Crippen LogP contribution >= 0.6 is 22.6 Å². The van der Waals surface area contributed by atoms with Crippen LogP contribution in [0, 0.1) is 3.57 Å². The van der Waals surface area contributed by atoms with Gasteiger partial charge in [-0.05, 0) is 34.7 Å². The van der Waals surface area contributed by atoms with Crippen LogP contribution in [-0.4, -0.2) is 27.6 Å². The van der Waals surface area contributed by atoms with E-state index in [1.54, 1.807) is 29.1 Å². The van der Waals surface area contributed by atoms with Crippen molar-refractivity contribution >= 4 is 28.3 Å². The number of hydrogen-bond donors (Lipinski definition) is 2. The van der Waals surface area contributed by atoms with Crippen molar-refractivity contribution in [3.8, 4) is 5.75 Å². The fourth-order valence-corrected chi connectivity index (χ4v) is 1.95. The van der Waals surface area contributed by atoms with E-state index in [9.17, 15) is 5.11 Å². The molecule has 1 atom stereocenters. The van der Waals surface area contributed by atoms with Crippen LogP contribution in [-0.2, 0) is 6.54 Å². The number of nitrogen functional groups attached to an aromatic ring is 1. The molecule has 2 aromatic rings. The highest BCUT2D eigenvalue weighted by Crippen LogP contribution is 2.14. The lowest BCUT2D eigenvalue weighted by Crippen LogP contribution is -2.23. The molecule has 5 nitrogen and oxygen atoms in total. The molecule has 0 spiro atoms. The van der Waals surface area contributed by atoms with Crippen LogP contribution in [0.25, 0.3) is 0 Å². The van der Waals surface area contributed by atoms with E-state index in [0.29, 0.717) is 18.0 Å². The zero-order valence-corrected chi connectivity index (χ0v) is 11.8. The van der Waals surface area contributed by atoms with Crippen molar-refractivity contribution in [3.05, 3.63) is 40.2 Å². The molecule has 0 saturated carbocycles. The predicted molar refractivity (Wildman–Crippen MR) is 77.3 cm³/mol. The Morgan fingerprint density at radius 2 is 2.33 bits per heavy atom. The Labute approximate surface area is 119 Å². The molecule has 0 aliphatic rings. The SMILES string of the molecule is Nc1cccc(OCC(O)Cn2cc(I)cn2)c1. The number of nitrogens with two attached hydrogens (primary N) is 1. The second kappa shape index (κ2) is 6.05. The summed E-state index contributed by atoms with van der Waals surface area (Å²) < 4.78 is 8.18. The Bertz CT molecular complexity index is 516. The van der Waals surface area contributed by atoms with Crippen LogP contribution < -0.4 is 10.5 Å². The quantitative estimate of drug-likeness (QED) is 0.627. The Morgan fingerprint density at radius 3 is 3.00 bits per heavy atom. The van der Waals surface area contributed by atoms with Crippen molar-refractivity contribution in [3.63, 3.8) is 0 Å². The predicted octanol–water partition coefficient (Wildman–Crippen LogP) is 1.51.